The molecule has 0 spiro atoms. The quantitative estimate of drug-likeness (QED) is 0.657. The van der Waals surface area contributed by atoms with E-state index in [2.05, 4.69) is 10.4 Å². The lowest BCUT2D eigenvalue weighted by atomic mass is 10.1. The van der Waals surface area contributed by atoms with Crippen LogP contribution in [0.15, 0.2) is 48.5 Å². The molecule has 1 aliphatic heterocycles. The molecule has 150 valence electrons. The number of aryl methyl sites for hydroxylation is 3. The lowest BCUT2D eigenvalue weighted by Gasteiger charge is -2.19. The van der Waals surface area contributed by atoms with Crippen molar-refractivity contribution in [2.24, 2.45) is 5.92 Å². The molecule has 29 heavy (non-hydrogen) atoms. The fraction of sp³-hybridized carbons (Fsp3) is 0.348. The normalized spacial score (nSPS) is 16.6. The number of amides is 2. The molecule has 1 aromatic heterocycles. The second-order valence-corrected chi connectivity index (χ2v) is 7.70. The molecule has 0 saturated carbocycles. The first-order chi connectivity index (χ1) is 14.0. The summed E-state index contributed by atoms with van der Waals surface area (Å²) < 4.78 is 1.96. The Kier molecular flexibility index (Phi) is 5.34. The summed E-state index contributed by atoms with van der Waals surface area (Å²) in [6, 6.07) is 16.0. The molecule has 1 aliphatic rings. The van der Waals surface area contributed by atoms with Gasteiger partial charge in [-0.1, -0.05) is 36.4 Å². The third kappa shape index (κ3) is 4.01. The van der Waals surface area contributed by atoms with Gasteiger partial charge in [0.15, 0.2) is 0 Å². The van der Waals surface area contributed by atoms with E-state index in [4.69, 9.17) is 0 Å². The first-order valence-electron chi connectivity index (χ1n) is 10.1. The minimum Gasteiger partial charge on any atom is -0.356 e. The summed E-state index contributed by atoms with van der Waals surface area (Å²) in [5.74, 6) is -0.353. The molecule has 1 unspecified atom stereocenters. The zero-order valence-corrected chi connectivity index (χ0v) is 16.9. The first kappa shape index (κ1) is 19.2. The predicted octanol–water partition coefficient (Wildman–Crippen LogP) is 3.21. The molecule has 6 nitrogen and oxygen atoms in total. The van der Waals surface area contributed by atoms with E-state index in [0.717, 1.165) is 40.8 Å². The number of nitrogens with zero attached hydrogens (tertiary/aromatic N) is 3. The number of hydrogen-bond donors (Lipinski definition) is 1. The number of benzene rings is 2. The first-order valence-corrected chi connectivity index (χ1v) is 10.1. The van der Waals surface area contributed by atoms with E-state index in [9.17, 15) is 9.59 Å². The maximum Gasteiger partial charge on any atom is 0.227 e. The van der Waals surface area contributed by atoms with Gasteiger partial charge in [-0.25, -0.2) is 0 Å². The predicted molar refractivity (Wildman–Crippen MR) is 114 cm³/mol. The molecular formula is C23H26N4O2. The molecule has 2 heterocycles. The minimum atomic E-state index is -0.310. The highest BCUT2D eigenvalue weighted by molar-refractivity contribution is 6.06. The van der Waals surface area contributed by atoms with Crippen molar-refractivity contribution in [3.05, 3.63) is 59.9 Å². The van der Waals surface area contributed by atoms with Gasteiger partial charge in [-0.05, 0) is 37.8 Å². The molecule has 0 bridgehead atoms. The molecule has 4 rings (SSSR count). The highest BCUT2D eigenvalue weighted by atomic mass is 16.2. The van der Waals surface area contributed by atoms with Gasteiger partial charge in [0.05, 0.1) is 17.3 Å². The summed E-state index contributed by atoms with van der Waals surface area (Å²) in [6.07, 6.45) is 1.06. The molecule has 6 heteroatoms. The zero-order valence-electron chi connectivity index (χ0n) is 16.9. The van der Waals surface area contributed by atoms with E-state index in [0.29, 0.717) is 13.1 Å². The number of rotatable bonds is 6. The molecule has 1 saturated heterocycles. The number of aromatic nitrogens is 2. The minimum absolute atomic E-state index is 0.00384. The lowest BCUT2D eigenvalue weighted by molar-refractivity contribution is -0.126. The Morgan fingerprint density at radius 3 is 2.76 bits per heavy atom. The van der Waals surface area contributed by atoms with Crippen LogP contribution in [-0.2, 0) is 16.1 Å². The maximum absolute atomic E-state index is 12.6. The van der Waals surface area contributed by atoms with E-state index in [-0.39, 0.29) is 24.2 Å². The summed E-state index contributed by atoms with van der Waals surface area (Å²) in [5, 5.41) is 9.56. The smallest absolute Gasteiger partial charge is 0.227 e. The van der Waals surface area contributed by atoms with Crippen LogP contribution in [-0.4, -0.2) is 34.7 Å². The van der Waals surface area contributed by atoms with Gasteiger partial charge in [0.1, 0.15) is 0 Å². The van der Waals surface area contributed by atoms with E-state index >= 15 is 0 Å². The molecule has 2 aromatic carbocycles. The number of hydrogen-bond acceptors (Lipinski definition) is 3. The van der Waals surface area contributed by atoms with Gasteiger partial charge in [-0.2, -0.15) is 5.10 Å². The zero-order chi connectivity index (χ0) is 20.4. The third-order valence-corrected chi connectivity index (χ3v) is 5.50. The molecule has 0 aliphatic carbocycles. The standard InChI is InChI=1S/C23H26N4O2/c1-16-13-17(2)27(25-16)12-6-11-24-23(29)19-14-22(28)26(15-19)21-10-5-8-18-7-3-4-9-20(18)21/h3-5,7-10,13,19H,6,11-12,14-15H2,1-2H3,(H,24,29). The third-order valence-electron chi connectivity index (χ3n) is 5.50. The SMILES string of the molecule is Cc1cc(C)n(CCCNC(=O)C2CC(=O)N(c3cccc4ccccc34)C2)n1. The second kappa shape index (κ2) is 8.07. The van der Waals surface area contributed by atoms with E-state index < -0.39 is 0 Å². The van der Waals surface area contributed by atoms with Crippen LogP contribution in [0.25, 0.3) is 10.8 Å². The van der Waals surface area contributed by atoms with Gasteiger partial charge in [0.2, 0.25) is 11.8 Å². The van der Waals surface area contributed by atoms with E-state index in [1.165, 1.54) is 0 Å². The molecular weight excluding hydrogens is 364 g/mol. The number of fused-ring (bicyclic) bond motifs is 1. The van der Waals surface area contributed by atoms with Crippen molar-refractivity contribution in [2.75, 3.05) is 18.0 Å². The van der Waals surface area contributed by atoms with Crippen LogP contribution in [0.1, 0.15) is 24.2 Å². The molecule has 2 amide bonds. The summed E-state index contributed by atoms with van der Waals surface area (Å²) in [4.78, 5) is 27.0. The number of nitrogens with one attached hydrogen (secondary N) is 1. The van der Waals surface area contributed by atoms with Gasteiger partial charge >= 0.3 is 0 Å². The number of carbonyl (C=O) groups excluding carboxylic acids is 2. The fourth-order valence-electron chi connectivity index (χ4n) is 4.05. The molecule has 0 radical (unpaired) electrons. The van der Waals surface area contributed by atoms with Crippen molar-refractivity contribution in [3.63, 3.8) is 0 Å². The van der Waals surface area contributed by atoms with Gasteiger partial charge in [-0.15, -0.1) is 0 Å². The van der Waals surface area contributed by atoms with Crippen LogP contribution in [0, 0.1) is 19.8 Å². The summed E-state index contributed by atoms with van der Waals surface area (Å²) in [7, 11) is 0. The summed E-state index contributed by atoms with van der Waals surface area (Å²) in [6.45, 7) is 5.78. The Labute approximate surface area is 170 Å². The van der Waals surface area contributed by atoms with Crippen LogP contribution >= 0.6 is 0 Å². The summed E-state index contributed by atoms with van der Waals surface area (Å²) in [5.41, 5.74) is 3.01. The van der Waals surface area contributed by atoms with Gasteiger partial charge in [-0.3, -0.25) is 14.3 Å². The molecule has 1 N–H and O–H groups in total. The Morgan fingerprint density at radius 1 is 1.17 bits per heavy atom. The number of anilines is 1. The van der Waals surface area contributed by atoms with Crippen molar-refractivity contribution in [3.8, 4) is 0 Å². The Hall–Kier alpha value is -3.15. The van der Waals surface area contributed by atoms with Gasteiger partial charge < -0.3 is 10.2 Å². The maximum atomic E-state index is 12.6. The van der Waals surface area contributed by atoms with Crippen LogP contribution in [0.4, 0.5) is 5.69 Å². The van der Waals surface area contributed by atoms with Crippen molar-refractivity contribution in [1.82, 2.24) is 15.1 Å². The van der Waals surface area contributed by atoms with Crippen LogP contribution < -0.4 is 10.2 Å². The lowest BCUT2D eigenvalue weighted by Crippen LogP contribution is -2.34. The van der Waals surface area contributed by atoms with Crippen molar-refractivity contribution in [2.45, 2.75) is 33.2 Å². The van der Waals surface area contributed by atoms with Crippen molar-refractivity contribution in [1.29, 1.82) is 0 Å². The molecule has 1 atom stereocenters. The molecule has 1 fully saturated rings. The van der Waals surface area contributed by atoms with E-state index in [1.807, 2.05) is 67.1 Å². The monoisotopic (exact) mass is 390 g/mol. The summed E-state index contributed by atoms with van der Waals surface area (Å²) >= 11 is 0. The van der Waals surface area contributed by atoms with Crippen LogP contribution in [0.2, 0.25) is 0 Å². The van der Waals surface area contributed by atoms with Crippen molar-refractivity contribution < 1.29 is 9.59 Å². The number of carbonyl (C=O) groups is 2. The topological polar surface area (TPSA) is 67.2 Å². The largest absolute Gasteiger partial charge is 0.356 e. The van der Waals surface area contributed by atoms with Gasteiger partial charge in [0.25, 0.3) is 0 Å². The second-order valence-electron chi connectivity index (χ2n) is 7.70. The molecule has 3 aromatic rings. The fourth-order valence-corrected chi connectivity index (χ4v) is 4.05. The average molecular weight is 390 g/mol. The highest BCUT2D eigenvalue weighted by Gasteiger charge is 2.35. The Bertz CT molecular complexity index is 1050. The van der Waals surface area contributed by atoms with E-state index in [1.54, 1.807) is 4.90 Å². The van der Waals surface area contributed by atoms with Gasteiger partial charge in [0, 0.05) is 37.1 Å². The Morgan fingerprint density at radius 2 is 1.97 bits per heavy atom. The average Bonchev–Trinajstić information content (AvgIpc) is 3.26. The Balaban J connectivity index is 1.35. The van der Waals surface area contributed by atoms with Crippen LogP contribution in [0.5, 0.6) is 0 Å². The van der Waals surface area contributed by atoms with Crippen molar-refractivity contribution >= 4 is 28.3 Å². The van der Waals surface area contributed by atoms with Crippen LogP contribution in [0.3, 0.4) is 0 Å². The highest BCUT2D eigenvalue weighted by Crippen LogP contribution is 2.31.